The van der Waals surface area contributed by atoms with Gasteiger partial charge in [-0.3, -0.25) is 0 Å². The topological polar surface area (TPSA) is 65.0 Å². The third kappa shape index (κ3) is 1.93. The Bertz CT molecular complexity index is 746. The summed E-state index contributed by atoms with van der Waals surface area (Å²) in [5, 5.41) is 13.0. The second-order valence-electron chi connectivity index (χ2n) is 4.31. The van der Waals surface area contributed by atoms with E-state index in [4.69, 9.17) is 11.5 Å². The van der Waals surface area contributed by atoms with Gasteiger partial charge in [0.15, 0.2) is 0 Å². The fraction of sp³-hybridized carbons (Fsp3) is 0.0667. The molecule has 0 spiro atoms. The highest BCUT2D eigenvalue weighted by Gasteiger charge is 2.32. The first kappa shape index (κ1) is 12.1. The fourth-order valence-corrected chi connectivity index (χ4v) is 2.04. The van der Waals surface area contributed by atoms with Crippen LogP contribution in [0, 0.1) is 12.3 Å². The summed E-state index contributed by atoms with van der Waals surface area (Å²) < 4.78 is 1.68. The fourth-order valence-electron chi connectivity index (χ4n) is 2.04. The van der Waals surface area contributed by atoms with Crippen LogP contribution >= 0.6 is 0 Å². The molecule has 0 aliphatic carbocycles. The number of allylic oxidation sites excluding steroid dienone is 1. The number of carboxylic acids is 1. The van der Waals surface area contributed by atoms with E-state index in [1.54, 1.807) is 41.4 Å². The van der Waals surface area contributed by atoms with E-state index < -0.39 is 5.97 Å². The number of aromatic carboxylic acids is 1. The maximum Gasteiger partial charge on any atom is 0.335 e. The SMILES string of the molecule is C#CC1=CN=[N+]2C=CC(c3ccc(C(=O)O)cc3)=NC12. The smallest absolute Gasteiger partial charge is 0.335 e. The van der Waals surface area contributed by atoms with Crippen LogP contribution in [0.15, 0.2) is 58.4 Å². The van der Waals surface area contributed by atoms with Gasteiger partial charge in [0.1, 0.15) is 11.8 Å². The second kappa shape index (κ2) is 4.59. The lowest BCUT2D eigenvalue weighted by atomic mass is 10.1. The first-order chi connectivity index (χ1) is 9.69. The maximum absolute atomic E-state index is 10.8. The lowest BCUT2D eigenvalue weighted by molar-refractivity contribution is -0.546. The van der Waals surface area contributed by atoms with E-state index in [-0.39, 0.29) is 11.7 Å². The average molecular weight is 264 g/mol. The van der Waals surface area contributed by atoms with Crippen molar-refractivity contribution in [1.29, 1.82) is 0 Å². The molecule has 3 rings (SSSR count). The van der Waals surface area contributed by atoms with E-state index in [1.165, 1.54) is 0 Å². The molecule has 0 radical (unpaired) electrons. The summed E-state index contributed by atoms with van der Waals surface area (Å²) in [4.78, 5) is 15.4. The van der Waals surface area contributed by atoms with Gasteiger partial charge in [-0.1, -0.05) is 22.8 Å². The molecule has 0 saturated heterocycles. The molecule has 0 saturated carbocycles. The highest BCUT2D eigenvalue weighted by molar-refractivity contribution is 6.09. The van der Waals surface area contributed by atoms with Gasteiger partial charge in [-0.05, 0) is 17.2 Å². The van der Waals surface area contributed by atoms with Crippen LogP contribution in [0.2, 0.25) is 0 Å². The van der Waals surface area contributed by atoms with Gasteiger partial charge >= 0.3 is 12.1 Å². The van der Waals surface area contributed by atoms with Crippen molar-refractivity contribution in [1.82, 2.24) is 0 Å². The van der Waals surface area contributed by atoms with Crippen molar-refractivity contribution < 1.29 is 14.6 Å². The summed E-state index contributed by atoms with van der Waals surface area (Å²) in [6.45, 7) is 0. The molecule has 96 valence electrons. The second-order valence-corrected chi connectivity index (χ2v) is 4.31. The van der Waals surface area contributed by atoms with Crippen LogP contribution in [-0.4, -0.2) is 27.7 Å². The van der Waals surface area contributed by atoms with E-state index in [1.807, 2.05) is 6.08 Å². The van der Waals surface area contributed by atoms with Crippen molar-refractivity contribution in [3.8, 4) is 12.3 Å². The largest absolute Gasteiger partial charge is 0.478 e. The Morgan fingerprint density at radius 1 is 1.35 bits per heavy atom. The van der Waals surface area contributed by atoms with Gasteiger partial charge in [0.2, 0.25) is 6.20 Å². The first-order valence-corrected chi connectivity index (χ1v) is 5.94. The van der Waals surface area contributed by atoms with E-state index in [0.29, 0.717) is 5.57 Å². The van der Waals surface area contributed by atoms with Crippen molar-refractivity contribution in [2.24, 2.45) is 10.1 Å². The van der Waals surface area contributed by atoms with Crippen molar-refractivity contribution >= 4 is 11.7 Å². The van der Waals surface area contributed by atoms with Crippen LogP contribution in [0.25, 0.3) is 0 Å². The molecule has 0 amide bonds. The molecule has 20 heavy (non-hydrogen) atoms. The molecular formula is C15H10N3O2+. The Balaban J connectivity index is 1.94. The van der Waals surface area contributed by atoms with Crippen LogP contribution in [-0.2, 0) is 0 Å². The third-order valence-electron chi connectivity index (χ3n) is 3.10. The van der Waals surface area contributed by atoms with Crippen LogP contribution in [0.3, 0.4) is 0 Å². The molecule has 1 unspecified atom stereocenters. The van der Waals surface area contributed by atoms with Crippen LogP contribution in [0.5, 0.6) is 0 Å². The lowest BCUT2D eigenvalue weighted by Gasteiger charge is -2.09. The number of terminal acetylenes is 1. The van der Waals surface area contributed by atoms with E-state index in [9.17, 15) is 4.79 Å². The summed E-state index contributed by atoms with van der Waals surface area (Å²) in [6.07, 6.45) is 10.4. The molecule has 0 bridgehead atoms. The molecule has 5 heteroatoms. The standard InChI is InChI=1S/C15H9N3O2/c1-2-10-9-16-18-8-7-13(17-14(10)18)11-3-5-12(6-4-11)15(19)20/h1,3-9,14H/p+1. The highest BCUT2D eigenvalue weighted by Crippen LogP contribution is 2.21. The number of azo groups is 2. The van der Waals surface area contributed by atoms with Crippen molar-refractivity contribution in [2.45, 2.75) is 6.17 Å². The Labute approximate surface area is 115 Å². The number of benzene rings is 1. The average Bonchev–Trinajstić information content (AvgIpc) is 2.89. The molecule has 1 atom stereocenters. The van der Waals surface area contributed by atoms with Gasteiger partial charge in [-0.2, -0.15) is 0 Å². The van der Waals surface area contributed by atoms with Crippen LogP contribution in [0.1, 0.15) is 15.9 Å². The van der Waals surface area contributed by atoms with Crippen LogP contribution in [0.4, 0.5) is 0 Å². The number of rotatable bonds is 2. The highest BCUT2D eigenvalue weighted by atomic mass is 16.4. The molecule has 1 aromatic carbocycles. The maximum atomic E-state index is 10.8. The van der Waals surface area contributed by atoms with Crippen molar-refractivity contribution in [3.63, 3.8) is 0 Å². The van der Waals surface area contributed by atoms with Crippen molar-refractivity contribution in [2.75, 3.05) is 0 Å². The summed E-state index contributed by atoms with van der Waals surface area (Å²) in [6, 6.07) is 6.57. The van der Waals surface area contributed by atoms with Gasteiger partial charge in [0.25, 0.3) is 0 Å². The van der Waals surface area contributed by atoms with Crippen LogP contribution < -0.4 is 0 Å². The van der Waals surface area contributed by atoms with Gasteiger partial charge in [0, 0.05) is 11.6 Å². The zero-order chi connectivity index (χ0) is 14.1. The monoisotopic (exact) mass is 264 g/mol. The number of carboxylic acid groups (broad SMARTS) is 1. The zero-order valence-corrected chi connectivity index (χ0v) is 10.4. The normalized spacial score (nSPS) is 19.6. The van der Waals surface area contributed by atoms with E-state index in [2.05, 4.69) is 16.0 Å². The van der Waals surface area contributed by atoms with Gasteiger partial charge in [-0.25, -0.2) is 9.79 Å². The zero-order valence-electron chi connectivity index (χ0n) is 10.4. The molecule has 0 aromatic heterocycles. The van der Waals surface area contributed by atoms with Crippen molar-refractivity contribution in [3.05, 3.63) is 59.4 Å². The van der Waals surface area contributed by atoms with Gasteiger partial charge in [-0.15, -0.1) is 6.42 Å². The first-order valence-electron chi connectivity index (χ1n) is 5.94. The molecule has 5 nitrogen and oxygen atoms in total. The molecule has 1 aromatic rings. The number of hydrogen-bond acceptors (Lipinski definition) is 3. The summed E-state index contributed by atoms with van der Waals surface area (Å²) in [5.74, 6) is 1.62. The molecule has 0 fully saturated rings. The number of hydrogen-bond donors (Lipinski definition) is 1. The van der Waals surface area contributed by atoms with Gasteiger partial charge < -0.3 is 5.11 Å². The molecule has 1 N–H and O–H groups in total. The summed E-state index contributed by atoms with van der Waals surface area (Å²) in [5.41, 5.74) is 2.54. The third-order valence-corrected chi connectivity index (χ3v) is 3.10. The number of nitrogens with zero attached hydrogens (tertiary/aromatic N) is 3. The summed E-state index contributed by atoms with van der Waals surface area (Å²) >= 11 is 0. The number of carbonyl (C=O) groups is 1. The minimum atomic E-state index is -0.948. The Morgan fingerprint density at radius 2 is 2.10 bits per heavy atom. The molecule has 2 aliphatic heterocycles. The number of aliphatic imine (C=N–C) groups is 1. The molecule has 2 heterocycles. The van der Waals surface area contributed by atoms with Gasteiger partial charge in [0.05, 0.1) is 11.3 Å². The minimum Gasteiger partial charge on any atom is -0.478 e. The van der Waals surface area contributed by atoms with E-state index >= 15 is 0 Å². The Hall–Kier alpha value is -3.00. The minimum absolute atomic E-state index is 0.246. The molecule has 2 aliphatic rings. The molecular weight excluding hydrogens is 254 g/mol. The quantitative estimate of drug-likeness (QED) is 0.656. The Kier molecular flexibility index (Phi) is 2.77. The lowest BCUT2D eigenvalue weighted by Crippen LogP contribution is -2.22. The Morgan fingerprint density at radius 3 is 2.75 bits per heavy atom. The summed E-state index contributed by atoms with van der Waals surface area (Å²) in [7, 11) is 0. The predicted octanol–water partition coefficient (Wildman–Crippen LogP) is 2.02. The predicted molar refractivity (Wildman–Crippen MR) is 72.5 cm³/mol. The number of fused-ring (bicyclic) bond motifs is 1. The van der Waals surface area contributed by atoms with E-state index in [0.717, 1.165) is 11.3 Å².